The highest BCUT2D eigenvalue weighted by atomic mass is 35.5. The van der Waals surface area contributed by atoms with Crippen LogP contribution < -0.4 is 9.46 Å². The monoisotopic (exact) mass is 329 g/mol. The Labute approximate surface area is 128 Å². The van der Waals surface area contributed by atoms with Gasteiger partial charge in [0.25, 0.3) is 10.0 Å². The van der Waals surface area contributed by atoms with Crippen LogP contribution in [0.15, 0.2) is 23.1 Å². The first kappa shape index (κ1) is 15.7. The second kappa shape index (κ2) is 5.95. The lowest BCUT2D eigenvalue weighted by Crippen LogP contribution is -2.14. The third-order valence-corrected chi connectivity index (χ3v) is 4.75. The molecule has 1 aromatic heterocycles. The highest BCUT2D eigenvalue weighted by Crippen LogP contribution is 2.29. The van der Waals surface area contributed by atoms with E-state index in [-0.39, 0.29) is 4.90 Å². The Balaban J connectivity index is 2.31. The Morgan fingerprint density at radius 2 is 2.10 bits per heavy atom. The number of aromatic amines is 1. The van der Waals surface area contributed by atoms with Gasteiger partial charge in [0.1, 0.15) is 10.6 Å². The van der Waals surface area contributed by atoms with Gasteiger partial charge in [0, 0.05) is 0 Å². The maximum atomic E-state index is 12.4. The third-order valence-electron chi connectivity index (χ3n) is 2.81. The topological polar surface area (TPSA) is 84.1 Å². The number of nitrogens with zero attached hydrogens (tertiary/aromatic N) is 1. The van der Waals surface area contributed by atoms with Gasteiger partial charge in [-0.3, -0.25) is 9.82 Å². The van der Waals surface area contributed by atoms with Gasteiger partial charge in [0.2, 0.25) is 0 Å². The van der Waals surface area contributed by atoms with Crippen LogP contribution in [0, 0.1) is 13.8 Å². The van der Waals surface area contributed by atoms with Crippen molar-refractivity contribution in [3.8, 4) is 5.75 Å². The number of aromatic nitrogens is 2. The normalized spacial score (nSPS) is 11.4. The smallest absolute Gasteiger partial charge is 0.265 e. The SMILES string of the molecule is CCOc1ccc(NS(=O)(=O)c2c(C)n[nH]c2C)cc1Cl. The highest BCUT2D eigenvalue weighted by molar-refractivity contribution is 7.92. The Hall–Kier alpha value is -1.73. The van der Waals surface area contributed by atoms with E-state index >= 15 is 0 Å². The fourth-order valence-corrected chi connectivity index (χ4v) is 3.64. The van der Waals surface area contributed by atoms with E-state index in [4.69, 9.17) is 16.3 Å². The molecule has 114 valence electrons. The average Bonchev–Trinajstić information content (AvgIpc) is 2.73. The highest BCUT2D eigenvalue weighted by Gasteiger charge is 2.22. The van der Waals surface area contributed by atoms with Gasteiger partial charge in [-0.05, 0) is 39.0 Å². The molecule has 0 atom stereocenters. The molecule has 21 heavy (non-hydrogen) atoms. The van der Waals surface area contributed by atoms with Crippen LogP contribution in [0.5, 0.6) is 5.75 Å². The van der Waals surface area contributed by atoms with Crippen molar-refractivity contribution in [3.05, 3.63) is 34.6 Å². The van der Waals surface area contributed by atoms with Gasteiger partial charge in [-0.15, -0.1) is 0 Å². The maximum absolute atomic E-state index is 12.4. The van der Waals surface area contributed by atoms with Crippen LogP contribution in [-0.4, -0.2) is 25.2 Å². The van der Waals surface area contributed by atoms with Crippen molar-refractivity contribution in [1.29, 1.82) is 0 Å². The summed E-state index contributed by atoms with van der Waals surface area (Å²) >= 11 is 6.05. The minimum absolute atomic E-state index is 0.146. The van der Waals surface area contributed by atoms with Crippen molar-refractivity contribution in [1.82, 2.24) is 10.2 Å². The number of sulfonamides is 1. The predicted octanol–water partition coefficient (Wildman–Crippen LogP) is 2.88. The Bertz CT molecular complexity index is 737. The first-order valence-electron chi connectivity index (χ1n) is 6.32. The zero-order chi connectivity index (χ0) is 15.6. The molecule has 0 aliphatic heterocycles. The van der Waals surface area contributed by atoms with Crippen LogP contribution in [0.4, 0.5) is 5.69 Å². The molecule has 8 heteroatoms. The molecule has 0 aliphatic rings. The summed E-state index contributed by atoms with van der Waals surface area (Å²) < 4.78 is 32.6. The summed E-state index contributed by atoms with van der Waals surface area (Å²) in [6, 6.07) is 4.73. The van der Waals surface area contributed by atoms with E-state index < -0.39 is 10.0 Å². The van der Waals surface area contributed by atoms with Crippen molar-refractivity contribution in [2.45, 2.75) is 25.7 Å². The largest absolute Gasteiger partial charge is 0.492 e. The number of ether oxygens (including phenoxy) is 1. The molecule has 0 saturated carbocycles. The van der Waals surface area contributed by atoms with E-state index in [1.807, 2.05) is 6.92 Å². The number of H-pyrrole nitrogens is 1. The fourth-order valence-electron chi connectivity index (χ4n) is 1.98. The third kappa shape index (κ3) is 3.30. The van der Waals surface area contributed by atoms with Crippen LogP contribution in [-0.2, 0) is 10.0 Å². The molecule has 2 rings (SSSR count). The summed E-state index contributed by atoms with van der Waals surface area (Å²) in [6.07, 6.45) is 0. The molecule has 1 aromatic carbocycles. The number of aryl methyl sites for hydroxylation is 2. The predicted molar refractivity (Wildman–Crippen MR) is 81.5 cm³/mol. The minimum Gasteiger partial charge on any atom is -0.492 e. The molecule has 6 nitrogen and oxygen atoms in total. The van der Waals surface area contributed by atoms with Crippen LogP contribution in [0.2, 0.25) is 5.02 Å². The Morgan fingerprint density at radius 3 is 2.62 bits per heavy atom. The average molecular weight is 330 g/mol. The van der Waals surface area contributed by atoms with E-state index in [1.54, 1.807) is 26.0 Å². The molecule has 0 amide bonds. The van der Waals surface area contributed by atoms with Gasteiger partial charge < -0.3 is 4.74 Å². The van der Waals surface area contributed by atoms with Crippen LogP contribution in [0.25, 0.3) is 0 Å². The zero-order valence-electron chi connectivity index (χ0n) is 11.9. The van der Waals surface area contributed by atoms with E-state index in [0.29, 0.717) is 34.5 Å². The molecule has 2 aromatic rings. The van der Waals surface area contributed by atoms with Crippen LogP contribution >= 0.6 is 11.6 Å². The van der Waals surface area contributed by atoms with Gasteiger partial charge in [0.05, 0.1) is 28.7 Å². The molecule has 0 bridgehead atoms. The quantitative estimate of drug-likeness (QED) is 0.883. The number of nitrogens with one attached hydrogen (secondary N) is 2. The Kier molecular flexibility index (Phi) is 4.43. The van der Waals surface area contributed by atoms with Gasteiger partial charge in [-0.2, -0.15) is 5.10 Å². The lowest BCUT2D eigenvalue weighted by atomic mass is 10.3. The molecular formula is C13H16ClN3O3S. The maximum Gasteiger partial charge on any atom is 0.265 e. The van der Waals surface area contributed by atoms with Gasteiger partial charge in [-0.1, -0.05) is 11.6 Å². The molecule has 0 spiro atoms. The lowest BCUT2D eigenvalue weighted by molar-refractivity contribution is 0.340. The van der Waals surface area contributed by atoms with Crippen molar-refractivity contribution in [2.75, 3.05) is 11.3 Å². The first-order chi connectivity index (χ1) is 9.85. The fraction of sp³-hybridized carbons (Fsp3) is 0.308. The van der Waals surface area contributed by atoms with E-state index in [9.17, 15) is 8.42 Å². The number of halogens is 1. The summed E-state index contributed by atoms with van der Waals surface area (Å²) in [5, 5.41) is 6.89. The van der Waals surface area contributed by atoms with Crippen molar-refractivity contribution >= 4 is 27.3 Å². The number of anilines is 1. The van der Waals surface area contributed by atoms with Gasteiger partial charge >= 0.3 is 0 Å². The van der Waals surface area contributed by atoms with E-state index in [0.717, 1.165) is 0 Å². The summed E-state index contributed by atoms with van der Waals surface area (Å²) in [6.45, 7) is 5.61. The number of hydrogen-bond donors (Lipinski definition) is 2. The first-order valence-corrected chi connectivity index (χ1v) is 8.18. The van der Waals surface area contributed by atoms with Crippen molar-refractivity contribution in [3.63, 3.8) is 0 Å². The van der Waals surface area contributed by atoms with Crippen LogP contribution in [0.3, 0.4) is 0 Å². The second-order valence-electron chi connectivity index (χ2n) is 4.45. The molecule has 0 saturated heterocycles. The number of rotatable bonds is 5. The number of benzene rings is 1. The standard InChI is InChI=1S/C13H16ClN3O3S/c1-4-20-12-6-5-10(7-11(12)14)17-21(18,19)13-8(2)15-16-9(13)3/h5-7,17H,4H2,1-3H3,(H,15,16). The second-order valence-corrected chi connectivity index (χ2v) is 6.47. The molecule has 2 N–H and O–H groups in total. The summed E-state index contributed by atoms with van der Waals surface area (Å²) in [7, 11) is -3.72. The van der Waals surface area contributed by atoms with Crippen molar-refractivity contribution in [2.24, 2.45) is 0 Å². The van der Waals surface area contributed by atoms with Crippen molar-refractivity contribution < 1.29 is 13.2 Å². The van der Waals surface area contributed by atoms with E-state index in [1.165, 1.54) is 6.07 Å². The van der Waals surface area contributed by atoms with Gasteiger partial charge in [-0.25, -0.2) is 8.42 Å². The van der Waals surface area contributed by atoms with E-state index in [2.05, 4.69) is 14.9 Å². The lowest BCUT2D eigenvalue weighted by Gasteiger charge is -2.10. The summed E-state index contributed by atoms with van der Waals surface area (Å²) in [5.74, 6) is 0.512. The molecule has 0 fully saturated rings. The van der Waals surface area contributed by atoms with Crippen LogP contribution in [0.1, 0.15) is 18.3 Å². The molecule has 1 heterocycles. The molecule has 0 aliphatic carbocycles. The summed E-state index contributed by atoms with van der Waals surface area (Å²) in [4.78, 5) is 0.146. The zero-order valence-corrected chi connectivity index (χ0v) is 13.5. The molecular weight excluding hydrogens is 314 g/mol. The summed E-state index contributed by atoms with van der Waals surface area (Å²) in [5.41, 5.74) is 1.26. The number of hydrogen-bond acceptors (Lipinski definition) is 4. The van der Waals surface area contributed by atoms with Gasteiger partial charge in [0.15, 0.2) is 0 Å². The molecule has 0 radical (unpaired) electrons. The Morgan fingerprint density at radius 1 is 1.38 bits per heavy atom. The minimum atomic E-state index is -3.72. The molecule has 0 unspecified atom stereocenters.